The van der Waals surface area contributed by atoms with Crippen LogP contribution >= 0.6 is 0 Å². The van der Waals surface area contributed by atoms with Crippen molar-refractivity contribution in [2.24, 2.45) is 5.41 Å². The van der Waals surface area contributed by atoms with E-state index in [1.807, 2.05) is 19.9 Å². The maximum atomic E-state index is 10.5. The standard InChI is InChI=1S/C24H31N3O2/c1-17(26-16-24(3,4)18(2)28)23-22(29)13-21(14-25-23)20-9-7-8-19(12-20)15-27-10-5-6-11-27/h7-9,12-14,26,28-29H,1-2,5-6,10-11,15-16H2,3-4H3. The maximum Gasteiger partial charge on any atom is 0.143 e. The number of pyridine rings is 1. The quantitative estimate of drug-likeness (QED) is 0.567. The molecule has 1 saturated heterocycles. The molecule has 3 rings (SSSR count). The number of likely N-dealkylation sites (tertiary alicyclic amines) is 1. The zero-order chi connectivity index (χ0) is 21.0. The van der Waals surface area contributed by atoms with E-state index in [1.54, 1.807) is 12.3 Å². The van der Waals surface area contributed by atoms with E-state index in [0.717, 1.165) is 30.8 Å². The van der Waals surface area contributed by atoms with Gasteiger partial charge in [0.1, 0.15) is 11.4 Å². The van der Waals surface area contributed by atoms with Crippen molar-refractivity contribution >= 4 is 5.70 Å². The van der Waals surface area contributed by atoms with E-state index < -0.39 is 5.41 Å². The number of aliphatic hydroxyl groups is 1. The van der Waals surface area contributed by atoms with Gasteiger partial charge < -0.3 is 15.5 Å². The smallest absolute Gasteiger partial charge is 0.143 e. The number of aromatic hydroxyl groups is 1. The molecule has 154 valence electrons. The lowest BCUT2D eigenvalue weighted by Gasteiger charge is -2.24. The van der Waals surface area contributed by atoms with Crippen molar-refractivity contribution in [2.45, 2.75) is 33.2 Å². The Kier molecular flexibility index (Phi) is 6.28. The van der Waals surface area contributed by atoms with Crippen molar-refractivity contribution in [3.05, 3.63) is 66.7 Å². The molecule has 2 heterocycles. The molecule has 0 spiro atoms. The Morgan fingerprint density at radius 2 is 1.90 bits per heavy atom. The van der Waals surface area contributed by atoms with E-state index in [1.165, 1.54) is 18.4 Å². The van der Waals surface area contributed by atoms with Gasteiger partial charge in [0.15, 0.2) is 0 Å². The predicted octanol–water partition coefficient (Wildman–Crippen LogP) is 4.71. The third kappa shape index (κ3) is 5.18. The largest absolute Gasteiger partial charge is 0.512 e. The van der Waals surface area contributed by atoms with Crippen LogP contribution in [0.15, 0.2) is 55.4 Å². The van der Waals surface area contributed by atoms with Crippen LogP contribution in [-0.2, 0) is 6.54 Å². The third-order valence-electron chi connectivity index (χ3n) is 5.54. The van der Waals surface area contributed by atoms with Crippen LogP contribution in [-0.4, -0.2) is 39.7 Å². The molecule has 0 radical (unpaired) electrons. The van der Waals surface area contributed by atoms with Crippen LogP contribution < -0.4 is 5.32 Å². The van der Waals surface area contributed by atoms with Crippen molar-refractivity contribution in [1.29, 1.82) is 0 Å². The Hall–Kier alpha value is -2.79. The molecular formula is C24H31N3O2. The van der Waals surface area contributed by atoms with Crippen LogP contribution in [0.25, 0.3) is 16.8 Å². The third-order valence-corrected chi connectivity index (χ3v) is 5.54. The van der Waals surface area contributed by atoms with E-state index in [0.29, 0.717) is 17.9 Å². The first-order valence-corrected chi connectivity index (χ1v) is 10.1. The first kappa shape index (κ1) is 20.9. The number of nitrogens with zero attached hydrogens (tertiary/aromatic N) is 2. The summed E-state index contributed by atoms with van der Waals surface area (Å²) < 4.78 is 0. The molecule has 0 bridgehead atoms. The number of aliphatic hydroxyl groups excluding tert-OH is 1. The van der Waals surface area contributed by atoms with Gasteiger partial charge in [-0.05, 0) is 49.2 Å². The van der Waals surface area contributed by atoms with Gasteiger partial charge in [0.05, 0.1) is 11.5 Å². The van der Waals surface area contributed by atoms with Crippen molar-refractivity contribution in [3.63, 3.8) is 0 Å². The molecule has 29 heavy (non-hydrogen) atoms. The van der Waals surface area contributed by atoms with Crippen LogP contribution in [0.2, 0.25) is 0 Å². The molecule has 0 unspecified atom stereocenters. The van der Waals surface area contributed by atoms with E-state index >= 15 is 0 Å². The Morgan fingerprint density at radius 1 is 1.17 bits per heavy atom. The summed E-state index contributed by atoms with van der Waals surface area (Å²) in [6.45, 7) is 15.0. The van der Waals surface area contributed by atoms with E-state index in [9.17, 15) is 10.2 Å². The molecular weight excluding hydrogens is 362 g/mol. The van der Waals surface area contributed by atoms with Gasteiger partial charge in [0, 0.05) is 30.3 Å². The summed E-state index contributed by atoms with van der Waals surface area (Å²) in [5, 5.41) is 23.3. The molecule has 1 fully saturated rings. The molecule has 2 aromatic rings. The minimum Gasteiger partial charge on any atom is -0.512 e. The second kappa shape index (κ2) is 8.70. The van der Waals surface area contributed by atoms with E-state index in [2.05, 4.69) is 46.6 Å². The molecule has 0 saturated carbocycles. The Morgan fingerprint density at radius 3 is 2.55 bits per heavy atom. The normalized spacial score (nSPS) is 14.7. The number of nitrogens with one attached hydrogen (secondary N) is 1. The summed E-state index contributed by atoms with van der Waals surface area (Å²) in [4.78, 5) is 6.89. The Balaban J connectivity index is 1.72. The first-order chi connectivity index (χ1) is 13.8. The second-order valence-corrected chi connectivity index (χ2v) is 8.44. The zero-order valence-corrected chi connectivity index (χ0v) is 17.4. The first-order valence-electron chi connectivity index (χ1n) is 10.1. The lowest BCUT2D eigenvalue weighted by molar-refractivity contribution is 0.259. The molecule has 3 N–H and O–H groups in total. The fourth-order valence-electron chi connectivity index (χ4n) is 3.41. The molecule has 0 atom stereocenters. The molecule has 1 aromatic carbocycles. The number of benzene rings is 1. The summed E-state index contributed by atoms with van der Waals surface area (Å²) in [5.74, 6) is 0.171. The molecule has 5 heteroatoms. The highest BCUT2D eigenvalue weighted by Crippen LogP contribution is 2.29. The van der Waals surface area contributed by atoms with Crippen molar-refractivity contribution in [1.82, 2.24) is 15.2 Å². The summed E-state index contributed by atoms with van der Waals surface area (Å²) in [6.07, 6.45) is 4.31. The predicted molar refractivity (Wildman–Crippen MR) is 118 cm³/mol. The van der Waals surface area contributed by atoms with Gasteiger partial charge in [-0.1, -0.05) is 45.2 Å². The minimum atomic E-state index is -0.506. The van der Waals surface area contributed by atoms with Gasteiger partial charge in [-0.2, -0.15) is 0 Å². The summed E-state index contributed by atoms with van der Waals surface area (Å²) in [6, 6.07) is 10.1. The van der Waals surface area contributed by atoms with Crippen LogP contribution in [0.4, 0.5) is 0 Å². The minimum absolute atomic E-state index is 0.0746. The van der Waals surface area contributed by atoms with Crippen LogP contribution in [0.3, 0.4) is 0 Å². The van der Waals surface area contributed by atoms with Crippen LogP contribution in [0.1, 0.15) is 37.9 Å². The summed E-state index contributed by atoms with van der Waals surface area (Å²) in [7, 11) is 0. The van der Waals surface area contributed by atoms with Gasteiger partial charge >= 0.3 is 0 Å². The Labute approximate surface area is 173 Å². The molecule has 0 aliphatic carbocycles. The summed E-state index contributed by atoms with van der Waals surface area (Å²) >= 11 is 0. The van der Waals surface area contributed by atoms with Crippen LogP contribution in [0.5, 0.6) is 5.75 Å². The monoisotopic (exact) mass is 393 g/mol. The second-order valence-electron chi connectivity index (χ2n) is 8.44. The summed E-state index contributed by atoms with van der Waals surface area (Å²) in [5.41, 5.74) is 3.57. The SMILES string of the molecule is C=C(NCC(C)(C)C(=C)O)c1ncc(-c2cccc(CN3CCCC3)c2)cc1O. The van der Waals surface area contributed by atoms with E-state index in [4.69, 9.17) is 0 Å². The van der Waals surface area contributed by atoms with Crippen molar-refractivity contribution in [2.75, 3.05) is 19.6 Å². The topological polar surface area (TPSA) is 68.6 Å². The lowest BCUT2D eigenvalue weighted by Crippen LogP contribution is -2.29. The number of hydrogen-bond acceptors (Lipinski definition) is 5. The lowest BCUT2D eigenvalue weighted by atomic mass is 9.91. The molecule has 0 amide bonds. The van der Waals surface area contributed by atoms with Gasteiger partial charge in [-0.15, -0.1) is 0 Å². The fourth-order valence-corrected chi connectivity index (χ4v) is 3.41. The highest BCUT2D eigenvalue weighted by molar-refractivity contribution is 5.70. The average molecular weight is 394 g/mol. The van der Waals surface area contributed by atoms with Gasteiger partial charge in [-0.25, -0.2) is 0 Å². The molecule has 5 nitrogen and oxygen atoms in total. The molecule has 1 aromatic heterocycles. The van der Waals surface area contributed by atoms with Crippen molar-refractivity contribution < 1.29 is 10.2 Å². The fraction of sp³-hybridized carbons (Fsp3) is 0.375. The van der Waals surface area contributed by atoms with Gasteiger partial charge in [0.25, 0.3) is 0 Å². The Bertz CT molecular complexity index is 899. The van der Waals surface area contributed by atoms with E-state index in [-0.39, 0.29) is 11.5 Å². The van der Waals surface area contributed by atoms with Gasteiger partial charge in [-0.3, -0.25) is 9.88 Å². The highest BCUT2D eigenvalue weighted by Gasteiger charge is 2.22. The zero-order valence-electron chi connectivity index (χ0n) is 17.4. The van der Waals surface area contributed by atoms with Gasteiger partial charge in [0.2, 0.25) is 0 Å². The maximum absolute atomic E-state index is 10.5. The van der Waals surface area contributed by atoms with Crippen LogP contribution in [0, 0.1) is 5.41 Å². The number of aromatic nitrogens is 1. The number of hydrogen-bond donors (Lipinski definition) is 3. The highest BCUT2D eigenvalue weighted by atomic mass is 16.3. The average Bonchev–Trinajstić information content (AvgIpc) is 3.19. The molecule has 1 aliphatic heterocycles. The number of rotatable bonds is 8. The molecule has 1 aliphatic rings. The van der Waals surface area contributed by atoms with Crippen molar-refractivity contribution in [3.8, 4) is 16.9 Å².